The molecule has 0 atom stereocenters. The van der Waals surface area contributed by atoms with E-state index in [4.69, 9.17) is 9.47 Å². The number of aryl methyl sites for hydroxylation is 2. The number of carbonyl (C=O) groups excluding carboxylic acids is 1. The van der Waals surface area contributed by atoms with E-state index in [0.717, 1.165) is 28.0 Å². The Morgan fingerprint density at radius 1 is 1.15 bits per heavy atom. The Kier molecular flexibility index (Phi) is 5.37. The Labute approximate surface area is 156 Å². The van der Waals surface area contributed by atoms with E-state index in [0.29, 0.717) is 28.9 Å². The summed E-state index contributed by atoms with van der Waals surface area (Å²) in [7, 11) is 0. The molecule has 3 aromatic rings. The molecule has 1 aromatic carbocycles. The van der Waals surface area contributed by atoms with Crippen molar-refractivity contribution in [2.45, 2.75) is 27.7 Å². The van der Waals surface area contributed by atoms with Crippen LogP contribution in [0.1, 0.15) is 34.9 Å². The van der Waals surface area contributed by atoms with Crippen LogP contribution in [0.2, 0.25) is 0 Å². The Morgan fingerprint density at radius 2 is 1.96 bits per heavy atom. The van der Waals surface area contributed by atoms with Gasteiger partial charge in [0.1, 0.15) is 10.6 Å². The molecule has 0 saturated heterocycles. The molecule has 0 fully saturated rings. The number of fused-ring (bicyclic) bond motifs is 1. The van der Waals surface area contributed by atoms with E-state index >= 15 is 0 Å². The number of nitrogens with one attached hydrogen (secondary N) is 1. The number of anilines is 2. The standard InChI is InChI=1S/C19H21N3O3S/c1-5-24-13-7-8-15-14(10-13)16(9-11(3)20-15)22-19-21-12(4)17(26-19)18(23)25-6-2/h7-10H,5-6H2,1-4H3,(H,20,21,22). The Morgan fingerprint density at radius 3 is 2.69 bits per heavy atom. The van der Waals surface area contributed by atoms with Crippen molar-refractivity contribution >= 4 is 39.0 Å². The molecule has 0 amide bonds. The van der Waals surface area contributed by atoms with Crippen LogP contribution in [0.5, 0.6) is 5.75 Å². The third kappa shape index (κ3) is 3.77. The SMILES string of the molecule is CCOC(=O)c1sc(Nc2cc(C)nc3ccc(OCC)cc23)nc1C. The number of aromatic nitrogens is 2. The molecule has 136 valence electrons. The number of hydrogen-bond acceptors (Lipinski definition) is 7. The van der Waals surface area contributed by atoms with Gasteiger partial charge in [0.2, 0.25) is 0 Å². The van der Waals surface area contributed by atoms with Crippen LogP contribution < -0.4 is 10.1 Å². The van der Waals surface area contributed by atoms with Crippen LogP contribution in [0.3, 0.4) is 0 Å². The Hall–Kier alpha value is -2.67. The number of hydrogen-bond donors (Lipinski definition) is 1. The molecule has 0 bridgehead atoms. The number of carbonyl (C=O) groups is 1. The van der Waals surface area contributed by atoms with E-state index in [1.807, 2.05) is 38.1 Å². The molecule has 0 saturated carbocycles. The highest BCUT2D eigenvalue weighted by Crippen LogP contribution is 2.32. The van der Waals surface area contributed by atoms with Crippen molar-refractivity contribution in [2.24, 2.45) is 0 Å². The lowest BCUT2D eigenvalue weighted by Gasteiger charge is -2.10. The van der Waals surface area contributed by atoms with Gasteiger partial charge in [0, 0.05) is 11.1 Å². The van der Waals surface area contributed by atoms with E-state index in [2.05, 4.69) is 15.3 Å². The molecule has 7 heteroatoms. The maximum Gasteiger partial charge on any atom is 0.350 e. The summed E-state index contributed by atoms with van der Waals surface area (Å²) in [4.78, 5) is 21.5. The molecule has 6 nitrogen and oxygen atoms in total. The van der Waals surface area contributed by atoms with Crippen LogP contribution in [0.25, 0.3) is 10.9 Å². The van der Waals surface area contributed by atoms with Crippen molar-refractivity contribution in [2.75, 3.05) is 18.5 Å². The van der Waals surface area contributed by atoms with Crippen molar-refractivity contribution in [3.05, 3.63) is 40.5 Å². The van der Waals surface area contributed by atoms with Crippen molar-refractivity contribution in [1.29, 1.82) is 0 Å². The quantitative estimate of drug-likeness (QED) is 0.637. The monoisotopic (exact) mass is 371 g/mol. The van der Waals surface area contributed by atoms with Gasteiger partial charge in [-0.25, -0.2) is 9.78 Å². The van der Waals surface area contributed by atoms with Gasteiger partial charge >= 0.3 is 5.97 Å². The van der Waals surface area contributed by atoms with Gasteiger partial charge in [-0.05, 0) is 52.0 Å². The fraction of sp³-hybridized carbons (Fsp3) is 0.316. The first-order valence-electron chi connectivity index (χ1n) is 8.47. The summed E-state index contributed by atoms with van der Waals surface area (Å²) in [6.07, 6.45) is 0. The number of thiazole rings is 1. The largest absolute Gasteiger partial charge is 0.494 e. The molecular formula is C19H21N3O3S. The maximum absolute atomic E-state index is 12.0. The topological polar surface area (TPSA) is 73.3 Å². The number of esters is 1. The predicted molar refractivity (Wildman–Crippen MR) is 104 cm³/mol. The number of nitrogens with zero attached hydrogens (tertiary/aromatic N) is 2. The summed E-state index contributed by atoms with van der Waals surface area (Å²) in [5.74, 6) is 0.446. The van der Waals surface area contributed by atoms with Crippen LogP contribution in [-0.4, -0.2) is 29.2 Å². The number of pyridine rings is 1. The van der Waals surface area contributed by atoms with Gasteiger partial charge in [-0.1, -0.05) is 11.3 Å². The van der Waals surface area contributed by atoms with E-state index < -0.39 is 0 Å². The predicted octanol–water partition coefficient (Wildman–Crippen LogP) is 4.63. The minimum Gasteiger partial charge on any atom is -0.494 e. The van der Waals surface area contributed by atoms with Gasteiger partial charge in [-0.15, -0.1) is 0 Å². The molecule has 1 N–H and O–H groups in total. The lowest BCUT2D eigenvalue weighted by molar-refractivity contribution is 0.0531. The fourth-order valence-electron chi connectivity index (χ4n) is 2.65. The molecule has 0 aliphatic heterocycles. The molecule has 0 radical (unpaired) electrons. The highest BCUT2D eigenvalue weighted by Gasteiger charge is 2.17. The maximum atomic E-state index is 12.0. The van der Waals surface area contributed by atoms with Crippen molar-refractivity contribution in [1.82, 2.24) is 9.97 Å². The summed E-state index contributed by atoms with van der Waals surface area (Å²) >= 11 is 1.28. The molecule has 2 aromatic heterocycles. The van der Waals surface area contributed by atoms with Gasteiger partial charge < -0.3 is 14.8 Å². The molecule has 2 heterocycles. The number of ether oxygens (including phenoxy) is 2. The third-order valence-electron chi connectivity index (χ3n) is 3.72. The minimum absolute atomic E-state index is 0.341. The van der Waals surface area contributed by atoms with E-state index in [1.165, 1.54) is 11.3 Å². The Bertz CT molecular complexity index is 953. The first-order valence-corrected chi connectivity index (χ1v) is 9.29. The highest BCUT2D eigenvalue weighted by atomic mass is 32.1. The number of rotatable bonds is 6. The van der Waals surface area contributed by atoms with Crippen molar-refractivity contribution in [3.8, 4) is 5.75 Å². The molecule has 26 heavy (non-hydrogen) atoms. The van der Waals surface area contributed by atoms with Gasteiger partial charge in [-0.3, -0.25) is 4.98 Å². The second-order valence-electron chi connectivity index (χ2n) is 5.70. The molecule has 0 aliphatic rings. The van der Waals surface area contributed by atoms with Gasteiger partial charge in [0.25, 0.3) is 0 Å². The summed E-state index contributed by atoms with van der Waals surface area (Å²) in [5, 5.41) is 4.89. The average molecular weight is 371 g/mol. The summed E-state index contributed by atoms with van der Waals surface area (Å²) < 4.78 is 10.7. The van der Waals surface area contributed by atoms with Crippen LogP contribution in [0.4, 0.5) is 10.8 Å². The molecule has 3 rings (SSSR count). The van der Waals surface area contributed by atoms with Crippen LogP contribution >= 0.6 is 11.3 Å². The summed E-state index contributed by atoms with van der Waals surface area (Å²) in [6, 6.07) is 7.77. The zero-order valence-electron chi connectivity index (χ0n) is 15.3. The molecule has 0 unspecified atom stereocenters. The van der Waals surface area contributed by atoms with Crippen molar-refractivity contribution in [3.63, 3.8) is 0 Å². The lowest BCUT2D eigenvalue weighted by Crippen LogP contribution is -2.03. The zero-order valence-corrected chi connectivity index (χ0v) is 16.1. The second kappa shape index (κ2) is 7.70. The molecular weight excluding hydrogens is 350 g/mol. The van der Waals surface area contributed by atoms with E-state index in [1.54, 1.807) is 13.8 Å². The van der Waals surface area contributed by atoms with Crippen LogP contribution in [0.15, 0.2) is 24.3 Å². The Balaban J connectivity index is 1.99. The summed E-state index contributed by atoms with van der Waals surface area (Å²) in [6.45, 7) is 8.42. The van der Waals surface area contributed by atoms with Gasteiger partial charge in [-0.2, -0.15) is 0 Å². The number of benzene rings is 1. The lowest BCUT2D eigenvalue weighted by atomic mass is 10.1. The third-order valence-corrected chi connectivity index (χ3v) is 4.77. The molecule has 0 aliphatic carbocycles. The van der Waals surface area contributed by atoms with Gasteiger partial charge in [0.15, 0.2) is 5.13 Å². The second-order valence-corrected chi connectivity index (χ2v) is 6.70. The average Bonchev–Trinajstić information content (AvgIpc) is 2.96. The molecule has 0 spiro atoms. The van der Waals surface area contributed by atoms with Crippen molar-refractivity contribution < 1.29 is 14.3 Å². The smallest absolute Gasteiger partial charge is 0.350 e. The summed E-state index contributed by atoms with van der Waals surface area (Å²) in [5.41, 5.74) is 3.29. The van der Waals surface area contributed by atoms with Gasteiger partial charge in [0.05, 0.1) is 30.1 Å². The minimum atomic E-state index is -0.343. The van der Waals surface area contributed by atoms with Crippen LogP contribution in [-0.2, 0) is 4.74 Å². The highest BCUT2D eigenvalue weighted by molar-refractivity contribution is 7.17. The fourth-order valence-corrected chi connectivity index (χ4v) is 3.52. The first-order chi connectivity index (χ1) is 12.5. The first kappa shape index (κ1) is 18.1. The van der Waals surface area contributed by atoms with E-state index in [-0.39, 0.29) is 5.97 Å². The van der Waals surface area contributed by atoms with E-state index in [9.17, 15) is 4.79 Å². The van der Waals surface area contributed by atoms with Crippen LogP contribution in [0, 0.1) is 13.8 Å². The zero-order chi connectivity index (χ0) is 18.7. The normalized spacial score (nSPS) is 10.8.